The quantitative estimate of drug-likeness (QED) is 0.813. The summed E-state index contributed by atoms with van der Waals surface area (Å²) < 4.78 is 29.8. The average molecular weight is 203 g/mol. The third kappa shape index (κ3) is 2.40. The summed E-state index contributed by atoms with van der Waals surface area (Å²) in [5.41, 5.74) is 0. The SMILES string of the molecule is CC(F)(F)CNc1noc(C2CC2)n1. The van der Waals surface area contributed by atoms with Crippen LogP contribution >= 0.6 is 0 Å². The molecule has 0 amide bonds. The lowest BCUT2D eigenvalue weighted by molar-refractivity contribution is 0.0365. The minimum absolute atomic E-state index is 0.147. The molecule has 1 heterocycles. The molecule has 14 heavy (non-hydrogen) atoms. The molecule has 1 aliphatic carbocycles. The van der Waals surface area contributed by atoms with E-state index < -0.39 is 12.5 Å². The molecule has 2 rings (SSSR count). The second kappa shape index (κ2) is 3.18. The first-order valence-electron chi connectivity index (χ1n) is 4.50. The van der Waals surface area contributed by atoms with E-state index in [-0.39, 0.29) is 5.95 Å². The van der Waals surface area contributed by atoms with Crippen molar-refractivity contribution in [2.24, 2.45) is 0 Å². The van der Waals surface area contributed by atoms with E-state index in [1.54, 1.807) is 0 Å². The summed E-state index contributed by atoms with van der Waals surface area (Å²) in [5, 5.41) is 5.97. The van der Waals surface area contributed by atoms with Gasteiger partial charge in [0.05, 0.1) is 6.54 Å². The smallest absolute Gasteiger partial charge is 0.263 e. The van der Waals surface area contributed by atoms with Gasteiger partial charge in [0, 0.05) is 12.8 Å². The topological polar surface area (TPSA) is 51.0 Å². The first-order chi connectivity index (χ1) is 6.54. The Labute approximate surface area is 79.7 Å². The number of rotatable bonds is 4. The van der Waals surface area contributed by atoms with E-state index in [1.807, 2.05) is 0 Å². The summed E-state index contributed by atoms with van der Waals surface area (Å²) in [5.74, 6) is -1.72. The third-order valence-corrected chi connectivity index (χ3v) is 1.93. The molecule has 0 atom stereocenters. The maximum atomic E-state index is 12.4. The molecule has 1 fully saturated rings. The van der Waals surface area contributed by atoms with Gasteiger partial charge in [-0.25, -0.2) is 8.78 Å². The minimum atomic E-state index is -2.76. The lowest BCUT2D eigenvalue weighted by Crippen LogP contribution is -2.23. The highest BCUT2D eigenvalue weighted by Gasteiger charge is 2.30. The predicted molar refractivity (Wildman–Crippen MR) is 45.4 cm³/mol. The van der Waals surface area contributed by atoms with Gasteiger partial charge >= 0.3 is 0 Å². The van der Waals surface area contributed by atoms with Crippen LogP contribution in [0.2, 0.25) is 0 Å². The van der Waals surface area contributed by atoms with Crippen LogP contribution in [0.15, 0.2) is 4.52 Å². The van der Waals surface area contributed by atoms with Gasteiger partial charge in [-0.15, -0.1) is 0 Å². The van der Waals surface area contributed by atoms with Crippen LogP contribution in [0.25, 0.3) is 0 Å². The van der Waals surface area contributed by atoms with Crippen molar-refractivity contribution in [3.63, 3.8) is 0 Å². The Kier molecular flexibility index (Phi) is 2.13. The van der Waals surface area contributed by atoms with Gasteiger partial charge in [0.25, 0.3) is 11.9 Å². The van der Waals surface area contributed by atoms with Crippen molar-refractivity contribution in [3.05, 3.63) is 5.89 Å². The van der Waals surface area contributed by atoms with Crippen LogP contribution in [-0.4, -0.2) is 22.6 Å². The van der Waals surface area contributed by atoms with Gasteiger partial charge in [-0.1, -0.05) is 0 Å². The molecule has 4 nitrogen and oxygen atoms in total. The van der Waals surface area contributed by atoms with E-state index in [4.69, 9.17) is 4.52 Å². The van der Waals surface area contributed by atoms with Crippen LogP contribution in [0.5, 0.6) is 0 Å². The summed E-state index contributed by atoms with van der Waals surface area (Å²) in [6.45, 7) is 0.360. The lowest BCUT2D eigenvalue weighted by Gasteiger charge is -2.08. The molecule has 78 valence electrons. The Morgan fingerprint density at radius 2 is 2.29 bits per heavy atom. The van der Waals surface area contributed by atoms with Crippen LogP contribution in [0.3, 0.4) is 0 Å². The van der Waals surface area contributed by atoms with Gasteiger partial charge in [-0.05, 0) is 18.0 Å². The van der Waals surface area contributed by atoms with Crippen LogP contribution in [0, 0.1) is 0 Å². The number of aromatic nitrogens is 2. The minimum Gasteiger partial charge on any atom is -0.346 e. The van der Waals surface area contributed by atoms with Crippen molar-refractivity contribution in [1.29, 1.82) is 0 Å². The highest BCUT2D eigenvalue weighted by molar-refractivity contribution is 5.23. The summed E-state index contributed by atoms with van der Waals surface area (Å²) in [6.07, 6.45) is 2.09. The number of anilines is 1. The second-order valence-electron chi connectivity index (χ2n) is 3.65. The van der Waals surface area contributed by atoms with Crippen LogP contribution in [-0.2, 0) is 0 Å². The first kappa shape index (κ1) is 9.36. The van der Waals surface area contributed by atoms with Gasteiger partial charge in [0.1, 0.15) is 0 Å². The molecule has 6 heteroatoms. The number of halogens is 2. The van der Waals surface area contributed by atoms with Crippen molar-refractivity contribution < 1.29 is 13.3 Å². The molecular formula is C8H11F2N3O. The summed E-state index contributed by atoms with van der Waals surface area (Å²) in [6, 6.07) is 0. The fourth-order valence-electron chi connectivity index (χ4n) is 1.04. The number of alkyl halides is 2. The molecule has 0 bridgehead atoms. The van der Waals surface area contributed by atoms with Gasteiger partial charge in [-0.2, -0.15) is 4.98 Å². The van der Waals surface area contributed by atoms with E-state index in [9.17, 15) is 8.78 Å². The van der Waals surface area contributed by atoms with Crippen molar-refractivity contribution in [3.8, 4) is 0 Å². The molecule has 0 aromatic carbocycles. The molecule has 1 saturated carbocycles. The Morgan fingerprint density at radius 3 is 2.86 bits per heavy atom. The molecule has 0 unspecified atom stereocenters. The van der Waals surface area contributed by atoms with Crippen LogP contribution in [0.4, 0.5) is 14.7 Å². The largest absolute Gasteiger partial charge is 0.346 e. The van der Waals surface area contributed by atoms with Crippen molar-refractivity contribution in [2.45, 2.75) is 31.6 Å². The normalized spacial score (nSPS) is 17.1. The molecule has 0 spiro atoms. The maximum Gasteiger partial charge on any atom is 0.263 e. The predicted octanol–water partition coefficient (Wildman–Crippen LogP) is 2.01. The second-order valence-corrected chi connectivity index (χ2v) is 3.65. The lowest BCUT2D eigenvalue weighted by atomic mass is 10.4. The molecule has 1 aromatic heterocycles. The van der Waals surface area contributed by atoms with E-state index in [1.165, 1.54) is 0 Å². The third-order valence-electron chi connectivity index (χ3n) is 1.93. The number of hydrogen-bond acceptors (Lipinski definition) is 4. The van der Waals surface area contributed by atoms with Crippen molar-refractivity contribution >= 4 is 5.95 Å². The summed E-state index contributed by atoms with van der Waals surface area (Å²) in [7, 11) is 0. The monoisotopic (exact) mass is 203 g/mol. The fourth-order valence-corrected chi connectivity index (χ4v) is 1.04. The Hall–Kier alpha value is -1.20. The highest BCUT2D eigenvalue weighted by atomic mass is 19.3. The molecule has 1 N–H and O–H groups in total. The number of nitrogens with one attached hydrogen (secondary N) is 1. The van der Waals surface area contributed by atoms with Crippen LogP contribution in [0.1, 0.15) is 31.6 Å². The number of hydrogen-bond donors (Lipinski definition) is 1. The summed E-state index contributed by atoms with van der Waals surface area (Å²) in [4.78, 5) is 3.95. The van der Waals surface area contributed by atoms with Gasteiger partial charge in [0.2, 0.25) is 5.89 Å². The van der Waals surface area contributed by atoms with E-state index in [0.717, 1.165) is 19.8 Å². The fraction of sp³-hybridized carbons (Fsp3) is 0.750. The van der Waals surface area contributed by atoms with Gasteiger partial charge in [-0.3, -0.25) is 0 Å². The first-order valence-corrected chi connectivity index (χ1v) is 4.50. The molecule has 0 radical (unpaired) electrons. The molecule has 0 aliphatic heterocycles. The molecule has 1 aromatic rings. The van der Waals surface area contributed by atoms with Crippen molar-refractivity contribution in [1.82, 2.24) is 10.1 Å². The zero-order valence-corrected chi connectivity index (χ0v) is 7.76. The van der Waals surface area contributed by atoms with Gasteiger partial charge < -0.3 is 9.84 Å². The zero-order chi connectivity index (χ0) is 10.2. The maximum absolute atomic E-state index is 12.4. The number of nitrogens with zero attached hydrogens (tertiary/aromatic N) is 2. The zero-order valence-electron chi connectivity index (χ0n) is 7.76. The molecular weight excluding hydrogens is 192 g/mol. The van der Waals surface area contributed by atoms with Crippen LogP contribution < -0.4 is 5.32 Å². The van der Waals surface area contributed by atoms with E-state index in [2.05, 4.69) is 15.5 Å². The Bertz CT molecular complexity index is 317. The Morgan fingerprint density at radius 1 is 1.57 bits per heavy atom. The van der Waals surface area contributed by atoms with Crippen molar-refractivity contribution in [2.75, 3.05) is 11.9 Å². The Balaban J connectivity index is 1.90. The average Bonchev–Trinajstić information content (AvgIpc) is 2.81. The standard InChI is InChI=1S/C8H11F2N3O/c1-8(9,10)4-11-7-12-6(14-13-7)5-2-3-5/h5H,2-4H2,1H3,(H,11,13). The molecule has 1 aliphatic rings. The van der Waals surface area contributed by atoms with E-state index >= 15 is 0 Å². The summed E-state index contributed by atoms with van der Waals surface area (Å²) >= 11 is 0. The highest BCUT2D eigenvalue weighted by Crippen LogP contribution is 2.39. The van der Waals surface area contributed by atoms with Gasteiger partial charge in [0.15, 0.2) is 0 Å². The van der Waals surface area contributed by atoms with E-state index in [0.29, 0.717) is 11.8 Å². The molecule has 0 saturated heterocycles.